The Labute approximate surface area is 388 Å². The van der Waals surface area contributed by atoms with Crippen LogP contribution >= 0.6 is 0 Å². The summed E-state index contributed by atoms with van der Waals surface area (Å²) >= 11 is 0. The highest BCUT2D eigenvalue weighted by Gasteiger charge is 2.48. The second-order valence-corrected chi connectivity index (χ2v) is 26.4. The van der Waals surface area contributed by atoms with E-state index in [-0.39, 0.29) is 44.6 Å². The van der Waals surface area contributed by atoms with E-state index in [2.05, 4.69) is 201 Å². The summed E-state index contributed by atoms with van der Waals surface area (Å²) in [5, 5.41) is 0. The van der Waals surface area contributed by atoms with Gasteiger partial charge in [0.1, 0.15) is 0 Å². The standard InChI is InChI=1S/C61H77BN2/c1-36-29-51-54-52(30-36)64(48-34-43-41(31-37(48)2)57(9,10)23-25-59(43,13)14)49-32-39(55(4,5)6)19-21-45(49)62(54)46-33-42-44(60(15,16)26-24-58(42,11)12)35-50(46)63(51)47-22-20-40-53(38(47)3)61(17,18)28-27-56(40,7)8/h19-22,29-35H,23-28H2,1-18H3. The van der Waals surface area contributed by atoms with Crippen molar-refractivity contribution in [1.29, 1.82) is 0 Å². The Balaban J connectivity index is 1.34. The van der Waals surface area contributed by atoms with Crippen LogP contribution in [0.3, 0.4) is 0 Å². The summed E-state index contributed by atoms with van der Waals surface area (Å²) in [5.74, 6) is 0. The van der Waals surface area contributed by atoms with Crippen molar-refractivity contribution in [2.75, 3.05) is 9.80 Å². The number of rotatable bonds is 2. The number of hydrogen-bond acceptors (Lipinski definition) is 2. The van der Waals surface area contributed by atoms with Gasteiger partial charge in [-0.3, -0.25) is 0 Å². The molecule has 10 rings (SSSR count). The smallest absolute Gasteiger partial charge is 0.252 e. The highest BCUT2D eigenvalue weighted by molar-refractivity contribution is 7.00. The van der Waals surface area contributed by atoms with Crippen molar-refractivity contribution in [1.82, 2.24) is 0 Å². The Bertz CT molecular complexity index is 2800. The van der Waals surface area contributed by atoms with E-state index < -0.39 is 0 Å². The topological polar surface area (TPSA) is 6.48 Å². The van der Waals surface area contributed by atoms with Crippen molar-refractivity contribution in [2.24, 2.45) is 0 Å². The van der Waals surface area contributed by atoms with E-state index in [1.54, 1.807) is 5.56 Å². The first kappa shape index (κ1) is 43.6. The first-order valence-electron chi connectivity index (χ1n) is 24.9. The molecule has 5 aromatic rings. The van der Waals surface area contributed by atoms with Gasteiger partial charge in [0.25, 0.3) is 6.71 Å². The third-order valence-corrected chi connectivity index (χ3v) is 17.9. The van der Waals surface area contributed by atoms with E-state index in [9.17, 15) is 0 Å². The first-order chi connectivity index (χ1) is 29.6. The molecule has 3 aliphatic carbocycles. The summed E-state index contributed by atoms with van der Waals surface area (Å²) in [6.07, 6.45) is 7.20. The van der Waals surface area contributed by atoms with Gasteiger partial charge in [-0.1, -0.05) is 134 Å². The maximum Gasteiger partial charge on any atom is 0.252 e. The quantitative estimate of drug-likeness (QED) is 0.160. The van der Waals surface area contributed by atoms with Crippen molar-refractivity contribution in [3.05, 3.63) is 122 Å². The molecule has 0 N–H and O–H groups in total. The lowest BCUT2D eigenvalue weighted by Crippen LogP contribution is -2.62. The average Bonchev–Trinajstić information content (AvgIpc) is 3.19. The molecular weight excluding hydrogens is 771 g/mol. The maximum atomic E-state index is 2.75. The second-order valence-electron chi connectivity index (χ2n) is 26.4. The molecule has 2 nitrogen and oxygen atoms in total. The maximum absolute atomic E-state index is 2.75. The summed E-state index contributed by atoms with van der Waals surface area (Å²) < 4.78 is 0. The largest absolute Gasteiger partial charge is 0.311 e. The van der Waals surface area contributed by atoms with Crippen molar-refractivity contribution < 1.29 is 0 Å². The molecule has 0 saturated heterocycles. The fourth-order valence-electron chi connectivity index (χ4n) is 13.4. The number of fused-ring (bicyclic) bond motifs is 7. The van der Waals surface area contributed by atoms with Crippen molar-refractivity contribution >= 4 is 57.2 Å². The van der Waals surface area contributed by atoms with Gasteiger partial charge >= 0.3 is 0 Å². The molecule has 3 heteroatoms. The lowest BCUT2D eigenvalue weighted by Gasteiger charge is -2.49. The Morgan fingerprint density at radius 2 is 0.875 bits per heavy atom. The minimum atomic E-state index is -0.00206. The van der Waals surface area contributed by atoms with E-state index >= 15 is 0 Å². The van der Waals surface area contributed by atoms with Crippen LogP contribution in [0.15, 0.2) is 66.7 Å². The van der Waals surface area contributed by atoms with E-state index in [0.717, 1.165) is 0 Å². The second kappa shape index (κ2) is 13.4. The molecule has 0 radical (unpaired) electrons. The van der Waals surface area contributed by atoms with Crippen LogP contribution in [-0.2, 0) is 37.9 Å². The zero-order valence-electron chi connectivity index (χ0n) is 43.1. The number of nitrogens with zero attached hydrogens (tertiary/aromatic N) is 2. The van der Waals surface area contributed by atoms with Gasteiger partial charge < -0.3 is 9.80 Å². The van der Waals surface area contributed by atoms with Crippen LogP contribution in [0.5, 0.6) is 0 Å². The Morgan fingerprint density at radius 1 is 0.422 bits per heavy atom. The Kier molecular flexibility index (Phi) is 9.17. The number of aryl methyl sites for hydroxylation is 2. The van der Waals surface area contributed by atoms with Crippen molar-refractivity contribution in [3.63, 3.8) is 0 Å². The molecule has 2 heterocycles. The zero-order chi connectivity index (χ0) is 46.2. The van der Waals surface area contributed by atoms with Gasteiger partial charge in [0.2, 0.25) is 0 Å². The van der Waals surface area contributed by atoms with Crippen LogP contribution < -0.4 is 26.2 Å². The molecule has 64 heavy (non-hydrogen) atoms. The predicted octanol–water partition coefficient (Wildman–Crippen LogP) is 15.0. The molecular formula is C61H77BN2. The minimum Gasteiger partial charge on any atom is -0.311 e. The first-order valence-corrected chi connectivity index (χ1v) is 24.9. The normalized spacial score (nSPS) is 21.2. The van der Waals surface area contributed by atoms with Crippen LogP contribution in [0.1, 0.15) is 198 Å². The molecule has 5 aromatic carbocycles. The molecule has 0 amide bonds. The summed E-state index contributed by atoms with van der Waals surface area (Å²) in [6, 6.07) is 28.2. The molecule has 334 valence electrons. The monoisotopic (exact) mass is 849 g/mol. The third kappa shape index (κ3) is 6.24. The van der Waals surface area contributed by atoms with Gasteiger partial charge in [0.15, 0.2) is 0 Å². The van der Waals surface area contributed by atoms with Gasteiger partial charge in [0.05, 0.1) is 0 Å². The molecule has 0 unspecified atom stereocenters. The van der Waals surface area contributed by atoms with Crippen molar-refractivity contribution in [3.8, 4) is 0 Å². The molecule has 0 saturated carbocycles. The van der Waals surface area contributed by atoms with Gasteiger partial charge in [0, 0.05) is 34.1 Å². The van der Waals surface area contributed by atoms with Gasteiger partial charge in [-0.15, -0.1) is 0 Å². The highest BCUT2D eigenvalue weighted by atomic mass is 15.2. The molecule has 0 aromatic heterocycles. The lowest BCUT2D eigenvalue weighted by atomic mass is 9.33. The summed E-state index contributed by atoms with van der Waals surface area (Å²) in [4.78, 5) is 5.47. The Morgan fingerprint density at radius 3 is 1.42 bits per heavy atom. The molecule has 0 atom stereocenters. The summed E-state index contributed by atoms with van der Waals surface area (Å²) in [6.45, 7) is 44.2. The van der Waals surface area contributed by atoms with Crippen LogP contribution in [0.4, 0.5) is 34.1 Å². The molecule has 0 fully saturated rings. The van der Waals surface area contributed by atoms with E-state index in [4.69, 9.17) is 0 Å². The summed E-state index contributed by atoms with van der Waals surface area (Å²) in [5.41, 5.74) is 27.6. The fraction of sp³-hybridized carbons (Fsp3) is 0.508. The van der Waals surface area contributed by atoms with Gasteiger partial charge in [-0.25, -0.2) is 0 Å². The van der Waals surface area contributed by atoms with Crippen molar-refractivity contribution in [2.45, 2.75) is 201 Å². The fourth-order valence-corrected chi connectivity index (χ4v) is 13.4. The number of anilines is 6. The summed E-state index contributed by atoms with van der Waals surface area (Å²) in [7, 11) is 0. The van der Waals surface area contributed by atoms with Crippen LogP contribution in [0.25, 0.3) is 0 Å². The number of hydrogen-bond donors (Lipinski definition) is 0. The number of benzene rings is 5. The predicted molar refractivity (Wildman–Crippen MR) is 279 cm³/mol. The SMILES string of the molecule is Cc1cc2c3c(c1)N(c1ccc4c(c1C)C(C)(C)CCC4(C)C)c1cc4c(cc1B3c1ccc(C(C)(C)C)cc1N2c1cc2c(cc1C)C(C)(C)CCC2(C)C)C(C)(C)CCC4(C)C. The van der Waals surface area contributed by atoms with Crippen LogP contribution in [-0.4, -0.2) is 6.71 Å². The lowest BCUT2D eigenvalue weighted by molar-refractivity contribution is 0.330. The zero-order valence-corrected chi connectivity index (χ0v) is 43.1. The third-order valence-electron chi connectivity index (χ3n) is 17.9. The van der Waals surface area contributed by atoms with Crippen LogP contribution in [0.2, 0.25) is 0 Å². The van der Waals surface area contributed by atoms with E-state index in [0.29, 0.717) is 0 Å². The minimum absolute atomic E-state index is 0.00206. The van der Waals surface area contributed by atoms with E-state index in [1.165, 1.54) is 139 Å². The average molecular weight is 849 g/mol. The highest BCUT2D eigenvalue weighted by Crippen LogP contribution is 2.55. The molecule has 2 aliphatic heterocycles. The van der Waals surface area contributed by atoms with E-state index in [1.807, 2.05) is 0 Å². The molecule has 0 spiro atoms. The van der Waals surface area contributed by atoms with Crippen LogP contribution in [0, 0.1) is 20.8 Å². The Hall–Kier alpha value is -4.24. The van der Waals surface area contributed by atoms with Gasteiger partial charge in [-0.05, 0) is 206 Å². The molecule has 5 aliphatic rings. The van der Waals surface area contributed by atoms with Gasteiger partial charge in [-0.2, -0.15) is 0 Å². The molecule has 0 bridgehead atoms.